The summed E-state index contributed by atoms with van der Waals surface area (Å²) in [6, 6.07) is 55.2. The predicted octanol–water partition coefficient (Wildman–Crippen LogP) is 12.2. The average Bonchev–Trinajstić information content (AvgIpc) is 3.83. The molecule has 0 spiro atoms. The molecule has 1 aliphatic carbocycles. The Bertz CT molecular complexity index is 3070. The average molecular weight is 681 g/mol. The van der Waals surface area contributed by atoms with E-state index in [1.54, 1.807) is 0 Å². The number of rotatable bonds is 4. The predicted molar refractivity (Wildman–Crippen MR) is 215 cm³/mol. The molecule has 0 atom stereocenters. The maximum Gasteiger partial charge on any atom is 0.238 e. The number of benzene rings is 7. The molecule has 0 bridgehead atoms. The molecule has 3 aromatic heterocycles. The Kier molecular flexibility index (Phi) is 6.23. The highest BCUT2D eigenvalue weighted by Gasteiger charge is 2.36. The minimum Gasteiger partial charge on any atom is -0.456 e. The molecule has 0 saturated carbocycles. The Labute approximate surface area is 305 Å². The number of hydrogen-bond acceptors (Lipinski definition) is 4. The number of hydrogen-bond donors (Lipinski definition) is 0. The smallest absolute Gasteiger partial charge is 0.238 e. The molecule has 0 amide bonds. The third-order valence-electron chi connectivity index (χ3n) is 11.1. The summed E-state index contributed by atoms with van der Waals surface area (Å²) in [6.07, 6.45) is 0. The summed E-state index contributed by atoms with van der Waals surface area (Å²) in [5.74, 6) is 1.79. The number of fused-ring (bicyclic) bond motifs is 10. The van der Waals surface area contributed by atoms with Gasteiger partial charge in [0.05, 0.1) is 16.4 Å². The molecule has 250 valence electrons. The molecular weight excluding hydrogens is 649 g/mol. The summed E-state index contributed by atoms with van der Waals surface area (Å²) in [5.41, 5.74) is 12.9. The SMILES string of the molecule is CC1(C)c2ccccc2-c2cc3c4ccc5oc6ccccc6c5c4n(-c4nc(-c5ccccc5)nc(-c5ccc(-c6ccccc6)cc5)n4)c3cc21. The molecule has 0 fully saturated rings. The van der Waals surface area contributed by atoms with E-state index in [1.165, 1.54) is 27.8 Å². The zero-order valence-electron chi connectivity index (χ0n) is 29.2. The second-order valence-electron chi connectivity index (χ2n) is 14.4. The minimum atomic E-state index is -0.182. The van der Waals surface area contributed by atoms with Gasteiger partial charge in [-0.05, 0) is 63.7 Å². The van der Waals surface area contributed by atoms with Gasteiger partial charge in [0.15, 0.2) is 11.6 Å². The van der Waals surface area contributed by atoms with Crippen LogP contribution in [-0.4, -0.2) is 19.5 Å². The first-order chi connectivity index (χ1) is 26.0. The van der Waals surface area contributed by atoms with Crippen LogP contribution < -0.4 is 0 Å². The van der Waals surface area contributed by atoms with Crippen molar-refractivity contribution in [1.82, 2.24) is 19.5 Å². The van der Waals surface area contributed by atoms with Crippen molar-refractivity contribution in [2.45, 2.75) is 19.3 Å². The molecule has 5 heteroatoms. The van der Waals surface area contributed by atoms with Crippen molar-refractivity contribution >= 4 is 43.7 Å². The molecule has 11 rings (SSSR count). The van der Waals surface area contributed by atoms with Crippen molar-refractivity contribution in [2.75, 3.05) is 0 Å². The van der Waals surface area contributed by atoms with Crippen LogP contribution in [-0.2, 0) is 5.41 Å². The summed E-state index contributed by atoms with van der Waals surface area (Å²) in [6.45, 7) is 4.65. The molecule has 1 aliphatic rings. The Hall–Kier alpha value is -6.85. The van der Waals surface area contributed by atoms with E-state index in [9.17, 15) is 0 Å². The standard InChI is InChI=1S/C48H32N4O/c1-48(2)38-19-11-9-17-33(38)36-27-37-34-25-26-42-43(35-18-10-12-20-41(35)53-42)44(34)52(40(37)28-39(36)48)47-50-45(31-15-7-4-8-16-31)49-46(51-47)32-23-21-30(22-24-32)29-13-5-3-6-14-29/h3-28H,1-2H3. The van der Waals surface area contributed by atoms with Crippen LogP contribution in [0.15, 0.2) is 162 Å². The monoisotopic (exact) mass is 680 g/mol. The van der Waals surface area contributed by atoms with E-state index in [4.69, 9.17) is 19.4 Å². The van der Waals surface area contributed by atoms with Gasteiger partial charge >= 0.3 is 0 Å². The molecule has 10 aromatic rings. The van der Waals surface area contributed by atoms with Crippen molar-refractivity contribution in [2.24, 2.45) is 0 Å². The zero-order chi connectivity index (χ0) is 35.3. The lowest BCUT2D eigenvalue weighted by Gasteiger charge is -2.21. The van der Waals surface area contributed by atoms with Gasteiger partial charge in [-0.15, -0.1) is 0 Å². The Morgan fingerprint density at radius 3 is 1.87 bits per heavy atom. The molecule has 0 radical (unpaired) electrons. The van der Waals surface area contributed by atoms with E-state index in [0.29, 0.717) is 17.6 Å². The van der Waals surface area contributed by atoms with Gasteiger partial charge in [-0.2, -0.15) is 9.97 Å². The molecule has 3 heterocycles. The number of para-hydroxylation sites is 1. The van der Waals surface area contributed by atoms with Crippen LogP contribution in [0.25, 0.3) is 94.7 Å². The largest absolute Gasteiger partial charge is 0.456 e. The van der Waals surface area contributed by atoms with Gasteiger partial charge in [0, 0.05) is 32.7 Å². The summed E-state index contributed by atoms with van der Waals surface area (Å²) in [5, 5.41) is 4.38. The van der Waals surface area contributed by atoms with Crippen LogP contribution in [0.3, 0.4) is 0 Å². The first kappa shape index (κ1) is 29.8. The van der Waals surface area contributed by atoms with E-state index >= 15 is 0 Å². The van der Waals surface area contributed by atoms with Crippen molar-refractivity contribution in [3.05, 3.63) is 169 Å². The van der Waals surface area contributed by atoms with Crippen molar-refractivity contribution < 1.29 is 4.42 Å². The van der Waals surface area contributed by atoms with E-state index in [0.717, 1.165) is 60.4 Å². The Morgan fingerprint density at radius 2 is 1.09 bits per heavy atom. The minimum absolute atomic E-state index is 0.182. The van der Waals surface area contributed by atoms with Gasteiger partial charge < -0.3 is 4.42 Å². The maximum atomic E-state index is 6.47. The van der Waals surface area contributed by atoms with Crippen LogP contribution >= 0.6 is 0 Å². The fraction of sp³-hybridized carbons (Fsp3) is 0.0625. The highest BCUT2D eigenvalue weighted by atomic mass is 16.3. The summed E-state index contributed by atoms with van der Waals surface area (Å²) < 4.78 is 8.73. The summed E-state index contributed by atoms with van der Waals surface area (Å²) in [4.78, 5) is 15.7. The molecule has 7 aromatic carbocycles. The highest BCUT2D eigenvalue weighted by molar-refractivity contribution is 6.25. The van der Waals surface area contributed by atoms with E-state index in [1.807, 2.05) is 36.4 Å². The lowest BCUT2D eigenvalue weighted by atomic mass is 9.82. The molecule has 0 unspecified atom stereocenters. The quantitative estimate of drug-likeness (QED) is 0.186. The normalized spacial score (nSPS) is 13.2. The van der Waals surface area contributed by atoms with Gasteiger partial charge in [0.1, 0.15) is 11.2 Å². The molecule has 5 nitrogen and oxygen atoms in total. The van der Waals surface area contributed by atoms with Gasteiger partial charge in [-0.25, -0.2) is 4.98 Å². The Balaban J connectivity index is 1.24. The third-order valence-corrected chi connectivity index (χ3v) is 11.1. The van der Waals surface area contributed by atoms with Crippen molar-refractivity contribution in [3.63, 3.8) is 0 Å². The van der Waals surface area contributed by atoms with E-state index in [-0.39, 0.29) is 5.41 Å². The second kappa shape index (κ2) is 11.1. The molecule has 0 saturated heterocycles. The number of furan rings is 1. The van der Waals surface area contributed by atoms with Gasteiger partial charge in [-0.1, -0.05) is 141 Å². The lowest BCUT2D eigenvalue weighted by Crippen LogP contribution is -2.15. The van der Waals surface area contributed by atoms with Gasteiger partial charge in [-0.3, -0.25) is 4.57 Å². The fourth-order valence-corrected chi connectivity index (χ4v) is 8.47. The molecule has 0 N–H and O–H groups in total. The van der Waals surface area contributed by atoms with Crippen LogP contribution in [0.1, 0.15) is 25.0 Å². The first-order valence-electron chi connectivity index (χ1n) is 18.0. The topological polar surface area (TPSA) is 56.7 Å². The zero-order valence-corrected chi connectivity index (χ0v) is 29.2. The third kappa shape index (κ3) is 4.40. The summed E-state index contributed by atoms with van der Waals surface area (Å²) in [7, 11) is 0. The fourth-order valence-electron chi connectivity index (χ4n) is 8.47. The maximum absolute atomic E-state index is 6.47. The van der Waals surface area contributed by atoms with Crippen molar-refractivity contribution in [3.8, 4) is 51.0 Å². The lowest BCUT2D eigenvalue weighted by molar-refractivity contribution is 0.661. The van der Waals surface area contributed by atoms with E-state index < -0.39 is 0 Å². The Morgan fingerprint density at radius 1 is 0.472 bits per heavy atom. The number of nitrogens with zero attached hydrogens (tertiary/aromatic N) is 4. The van der Waals surface area contributed by atoms with Gasteiger partial charge in [0.25, 0.3) is 0 Å². The number of aromatic nitrogens is 4. The second-order valence-corrected chi connectivity index (χ2v) is 14.4. The van der Waals surface area contributed by atoms with E-state index in [2.05, 4.69) is 140 Å². The van der Waals surface area contributed by atoms with Crippen LogP contribution in [0.2, 0.25) is 0 Å². The molecule has 0 aliphatic heterocycles. The van der Waals surface area contributed by atoms with Crippen LogP contribution in [0.4, 0.5) is 0 Å². The van der Waals surface area contributed by atoms with Crippen LogP contribution in [0, 0.1) is 0 Å². The van der Waals surface area contributed by atoms with Gasteiger partial charge in [0.2, 0.25) is 5.95 Å². The van der Waals surface area contributed by atoms with Crippen molar-refractivity contribution in [1.29, 1.82) is 0 Å². The first-order valence-corrected chi connectivity index (χ1v) is 18.0. The highest BCUT2D eigenvalue weighted by Crippen LogP contribution is 2.51. The van der Waals surface area contributed by atoms with Crippen LogP contribution in [0.5, 0.6) is 0 Å². The molecular formula is C48H32N4O. The summed E-state index contributed by atoms with van der Waals surface area (Å²) >= 11 is 0. The molecule has 53 heavy (non-hydrogen) atoms.